The second kappa shape index (κ2) is 12.9. The summed E-state index contributed by atoms with van der Waals surface area (Å²) in [7, 11) is 1.52. The molecule has 0 bridgehead atoms. The molecule has 0 saturated heterocycles. The van der Waals surface area contributed by atoms with Gasteiger partial charge in [0.1, 0.15) is 23.4 Å². The molecule has 2 heterocycles. The Labute approximate surface area is 202 Å². The minimum atomic E-state index is -1.02. The van der Waals surface area contributed by atoms with E-state index in [1.807, 2.05) is 0 Å². The van der Waals surface area contributed by atoms with Crippen LogP contribution in [0.2, 0.25) is 0 Å². The molecule has 0 spiro atoms. The number of aromatic hydroxyl groups is 1. The van der Waals surface area contributed by atoms with Crippen molar-refractivity contribution in [3.05, 3.63) is 78.4 Å². The van der Waals surface area contributed by atoms with Crippen molar-refractivity contribution in [3.8, 4) is 5.75 Å². The average molecular weight is 481 g/mol. The van der Waals surface area contributed by atoms with Crippen LogP contribution in [-0.2, 0) is 25.7 Å². The summed E-state index contributed by atoms with van der Waals surface area (Å²) in [6.07, 6.45) is 2.79. The first-order valence-electron chi connectivity index (χ1n) is 11.1. The second-order valence-electron chi connectivity index (χ2n) is 7.64. The van der Waals surface area contributed by atoms with E-state index in [1.165, 1.54) is 30.4 Å². The lowest BCUT2D eigenvalue weighted by atomic mass is 10.0. The Morgan fingerprint density at radius 3 is 2.54 bits per heavy atom. The zero-order chi connectivity index (χ0) is 25.0. The SMILES string of the molecule is COCCNC(=O)C(c1ccc(O)cc1)N(Cc1ccco1)C(=O)CCC(=O)Nc1ccccn1. The third-order valence-corrected chi connectivity index (χ3v) is 5.10. The number of phenolic OH excluding ortho intramolecular Hbond substituents is 1. The Kier molecular flexibility index (Phi) is 9.38. The summed E-state index contributed by atoms with van der Waals surface area (Å²) in [4.78, 5) is 44.4. The van der Waals surface area contributed by atoms with E-state index in [4.69, 9.17) is 9.15 Å². The number of aromatic nitrogens is 1. The molecule has 0 aliphatic heterocycles. The number of nitrogens with zero attached hydrogens (tertiary/aromatic N) is 2. The fourth-order valence-corrected chi connectivity index (χ4v) is 3.40. The predicted octanol–water partition coefficient (Wildman–Crippen LogP) is 2.63. The fraction of sp³-hybridized carbons (Fsp3) is 0.280. The number of pyridine rings is 1. The molecule has 35 heavy (non-hydrogen) atoms. The van der Waals surface area contributed by atoms with Gasteiger partial charge in [0.2, 0.25) is 17.7 Å². The van der Waals surface area contributed by atoms with E-state index in [0.29, 0.717) is 23.7 Å². The lowest BCUT2D eigenvalue weighted by Crippen LogP contribution is -2.44. The van der Waals surface area contributed by atoms with E-state index in [2.05, 4.69) is 15.6 Å². The van der Waals surface area contributed by atoms with Crippen LogP contribution in [0, 0.1) is 0 Å². The number of amides is 3. The normalized spacial score (nSPS) is 11.5. The second-order valence-corrected chi connectivity index (χ2v) is 7.64. The van der Waals surface area contributed by atoms with Gasteiger partial charge in [-0.2, -0.15) is 0 Å². The van der Waals surface area contributed by atoms with Gasteiger partial charge in [0.25, 0.3) is 0 Å². The summed E-state index contributed by atoms with van der Waals surface area (Å²) >= 11 is 0. The zero-order valence-electron chi connectivity index (χ0n) is 19.3. The highest BCUT2D eigenvalue weighted by Gasteiger charge is 2.32. The minimum absolute atomic E-state index is 0.0108. The quantitative estimate of drug-likeness (QED) is 0.339. The predicted molar refractivity (Wildman–Crippen MR) is 127 cm³/mol. The molecule has 3 rings (SSSR count). The number of furan rings is 1. The summed E-state index contributed by atoms with van der Waals surface area (Å²) in [6, 6.07) is 13.5. The molecule has 0 aliphatic carbocycles. The highest BCUT2D eigenvalue weighted by Crippen LogP contribution is 2.26. The number of ether oxygens (including phenoxy) is 1. The molecule has 1 unspecified atom stereocenters. The molecule has 184 valence electrons. The number of methoxy groups -OCH3 is 1. The van der Waals surface area contributed by atoms with E-state index in [0.717, 1.165) is 0 Å². The van der Waals surface area contributed by atoms with Crippen LogP contribution in [0.15, 0.2) is 71.5 Å². The van der Waals surface area contributed by atoms with Gasteiger partial charge in [-0.3, -0.25) is 14.4 Å². The molecule has 0 radical (unpaired) electrons. The number of benzene rings is 1. The summed E-state index contributed by atoms with van der Waals surface area (Å²) in [5.41, 5.74) is 0.496. The molecule has 1 atom stereocenters. The highest BCUT2D eigenvalue weighted by molar-refractivity contribution is 5.94. The molecule has 10 nitrogen and oxygen atoms in total. The van der Waals surface area contributed by atoms with Crippen molar-refractivity contribution < 1.29 is 28.6 Å². The Balaban J connectivity index is 1.81. The summed E-state index contributed by atoms with van der Waals surface area (Å²) in [5.74, 6) is -0.326. The number of anilines is 1. The van der Waals surface area contributed by atoms with E-state index in [9.17, 15) is 19.5 Å². The number of phenols is 1. The van der Waals surface area contributed by atoms with Crippen molar-refractivity contribution in [3.63, 3.8) is 0 Å². The molecule has 0 saturated carbocycles. The Morgan fingerprint density at radius 2 is 1.89 bits per heavy atom. The van der Waals surface area contributed by atoms with Gasteiger partial charge in [0.05, 0.1) is 19.4 Å². The lowest BCUT2D eigenvalue weighted by Gasteiger charge is -2.31. The van der Waals surface area contributed by atoms with Crippen molar-refractivity contribution in [2.24, 2.45) is 0 Å². The van der Waals surface area contributed by atoms with Crippen LogP contribution >= 0.6 is 0 Å². The van der Waals surface area contributed by atoms with Gasteiger partial charge >= 0.3 is 0 Å². The molecule has 3 N–H and O–H groups in total. The molecule has 10 heteroatoms. The van der Waals surface area contributed by atoms with E-state index >= 15 is 0 Å². The molecule has 1 aromatic carbocycles. The first-order valence-corrected chi connectivity index (χ1v) is 11.1. The number of nitrogens with one attached hydrogen (secondary N) is 2. The van der Waals surface area contributed by atoms with Crippen LogP contribution in [0.3, 0.4) is 0 Å². The molecule has 3 amide bonds. The van der Waals surface area contributed by atoms with Crippen LogP contribution < -0.4 is 10.6 Å². The van der Waals surface area contributed by atoms with Crippen molar-refractivity contribution in [2.45, 2.75) is 25.4 Å². The maximum atomic E-state index is 13.4. The largest absolute Gasteiger partial charge is 0.508 e. The number of carbonyl (C=O) groups excluding carboxylic acids is 3. The Morgan fingerprint density at radius 1 is 1.09 bits per heavy atom. The Bertz CT molecular complexity index is 1090. The maximum Gasteiger partial charge on any atom is 0.247 e. The first kappa shape index (κ1) is 25.4. The number of hydrogen-bond acceptors (Lipinski definition) is 7. The summed E-state index contributed by atoms with van der Waals surface area (Å²) < 4.78 is 10.4. The third kappa shape index (κ3) is 7.68. The average Bonchev–Trinajstić information content (AvgIpc) is 3.37. The van der Waals surface area contributed by atoms with Gasteiger partial charge in [-0.15, -0.1) is 0 Å². The molecule has 0 aliphatic rings. The van der Waals surface area contributed by atoms with Crippen molar-refractivity contribution >= 4 is 23.5 Å². The van der Waals surface area contributed by atoms with Gasteiger partial charge in [-0.25, -0.2) is 4.98 Å². The topological polar surface area (TPSA) is 134 Å². The first-order chi connectivity index (χ1) is 17.0. The molecular weight excluding hydrogens is 452 g/mol. The van der Waals surface area contributed by atoms with Crippen LogP contribution in [0.5, 0.6) is 5.75 Å². The van der Waals surface area contributed by atoms with E-state index in [1.54, 1.807) is 48.7 Å². The standard InChI is InChI=1S/C25H28N4O6/c1-34-16-14-27-25(33)24(18-7-9-19(30)10-8-18)29(17-20-5-4-15-35-20)23(32)12-11-22(31)28-21-6-2-3-13-26-21/h2-10,13,15,24,30H,11-12,14,16-17H2,1H3,(H,27,33)(H,26,28,31). The fourth-order valence-electron chi connectivity index (χ4n) is 3.40. The van der Waals surface area contributed by atoms with Crippen molar-refractivity contribution in [1.29, 1.82) is 0 Å². The van der Waals surface area contributed by atoms with Gasteiger partial charge in [-0.05, 0) is 42.0 Å². The number of hydrogen-bond donors (Lipinski definition) is 3. The van der Waals surface area contributed by atoms with Crippen molar-refractivity contribution in [2.75, 3.05) is 25.6 Å². The van der Waals surface area contributed by atoms with Gasteiger partial charge in [0.15, 0.2) is 0 Å². The number of rotatable bonds is 12. The molecule has 2 aromatic heterocycles. The highest BCUT2D eigenvalue weighted by atomic mass is 16.5. The van der Waals surface area contributed by atoms with Crippen molar-refractivity contribution in [1.82, 2.24) is 15.2 Å². The third-order valence-electron chi connectivity index (χ3n) is 5.10. The zero-order valence-corrected chi connectivity index (χ0v) is 19.3. The van der Waals surface area contributed by atoms with Crippen LogP contribution in [0.1, 0.15) is 30.2 Å². The van der Waals surface area contributed by atoms with Crippen LogP contribution in [0.25, 0.3) is 0 Å². The smallest absolute Gasteiger partial charge is 0.247 e. The van der Waals surface area contributed by atoms with Crippen LogP contribution in [0.4, 0.5) is 5.82 Å². The molecule has 3 aromatic rings. The lowest BCUT2D eigenvalue weighted by molar-refractivity contribution is -0.142. The minimum Gasteiger partial charge on any atom is -0.508 e. The van der Waals surface area contributed by atoms with Crippen LogP contribution in [-0.4, -0.2) is 53.0 Å². The number of carbonyl (C=O) groups is 3. The van der Waals surface area contributed by atoms with E-state index < -0.39 is 17.9 Å². The van der Waals surface area contributed by atoms with Gasteiger partial charge in [-0.1, -0.05) is 18.2 Å². The Hall–Kier alpha value is -4.18. The molecule has 0 fully saturated rings. The van der Waals surface area contributed by atoms with Gasteiger partial charge in [0, 0.05) is 32.7 Å². The summed E-state index contributed by atoms with van der Waals surface area (Å²) in [6.45, 7) is 0.559. The van der Waals surface area contributed by atoms with Gasteiger partial charge < -0.3 is 29.8 Å². The molecular formula is C25H28N4O6. The van der Waals surface area contributed by atoms with E-state index in [-0.39, 0.29) is 37.6 Å². The monoisotopic (exact) mass is 480 g/mol. The summed E-state index contributed by atoms with van der Waals surface area (Å²) in [5, 5.41) is 15.1. The maximum absolute atomic E-state index is 13.4.